The summed E-state index contributed by atoms with van der Waals surface area (Å²) in [7, 11) is 0. The van der Waals surface area contributed by atoms with Crippen molar-refractivity contribution >= 4 is 34.7 Å². The minimum Gasteiger partial charge on any atom is -0.352 e. The first-order valence-electron chi connectivity index (χ1n) is 9.24. The Labute approximate surface area is 180 Å². The molecule has 0 radical (unpaired) electrons. The lowest BCUT2D eigenvalue weighted by Crippen LogP contribution is -2.49. The number of pyridine rings is 1. The van der Waals surface area contributed by atoms with Gasteiger partial charge in [0.2, 0.25) is 0 Å². The number of halogens is 4. The number of aromatic nitrogens is 1. The van der Waals surface area contributed by atoms with Crippen molar-refractivity contribution in [3.05, 3.63) is 69.5 Å². The van der Waals surface area contributed by atoms with E-state index in [9.17, 15) is 18.0 Å². The van der Waals surface area contributed by atoms with Gasteiger partial charge >= 0.3 is 6.18 Å². The van der Waals surface area contributed by atoms with Gasteiger partial charge in [-0.25, -0.2) is 4.98 Å². The number of piperazine rings is 1. The molecule has 1 amide bonds. The van der Waals surface area contributed by atoms with Gasteiger partial charge in [0.05, 0.1) is 15.5 Å². The van der Waals surface area contributed by atoms with Crippen LogP contribution < -0.4 is 4.90 Å². The van der Waals surface area contributed by atoms with E-state index in [1.807, 2.05) is 41.8 Å². The van der Waals surface area contributed by atoms with Crippen LogP contribution in [0.1, 0.15) is 15.2 Å². The standard InChI is InChI=1S/C21H17ClF3N3OS/c22-17-12-15(21(23,24)25)13-26-19(17)27-7-9-28(10-8-27)20(29)18-16(6-11-30-18)14-4-2-1-3-5-14/h1-6,11-13H,7-10H2. The minimum atomic E-state index is -4.49. The van der Waals surface area contributed by atoms with Gasteiger partial charge in [-0.1, -0.05) is 41.9 Å². The van der Waals surface area contributed by atoms with Crippen molar-refractivity contribution in [3.63, 3.8) is 0 Å². The van der Waals surface area contributed by atoms with Gasteiger partial charge in [-0.05, 0) is 23.1 Å². The van der Waals surface area contributed by atoms with E-state index in [1.165, 1.54) is 11.3 Å². The smallest absolute Gasteiger partial charge is 0.352 e. The van der Waals surface area contributed by atoms with Crippen LogP contribution in [0.25, 0.3) is 11.1 Å². The molecule has 1 aliphatic rings. The molecule has 1 saturated heterocycles. The van der Waals surface area contributed by atoms with E-state index in [0.717, 1.165) is 23.4 Å². The van der Waals surface area contributed by atoms with Crippen LogP contribution in [0.15, 0.2) is 54.0 Å². The van der Waals surface area contributed by atoms with E-state index in [0.29, 0.717) is 36.9 Å². The van der Waals surface area contributed by atoms with Crippen molar-refractivity contribution in [2.45, 2.75) is 6.18 Å². The maximum absolute atomic E-state index is 13.1. The van der Waals surface area contributed by atoms with Crippen LogP contribution in [-0.2, 0) is 6.18 Å². The second-order valence-corrected chi connectivity index (χ2v) is 8.16. The number of amides is 1. The summed E-state index contributed by atoms with van der Waals surface area (Å²) < 4.78 is 38.4. The number of hydrogen-bond acceptors (Lipinski definition) is 4. The van der Waals surface area contributed by atoms with Crippen molar-refractivity contribution in [3.8, 4) is 11.1 Å². The number of carbonyl (C=O) groups excluding carboxylic acids is 1. The number of anilines is 1. The lowest BCUT2D eigenvalue weighted by molar-refractivity contribution is -0.137. The minimum absolute atomic E-state index is 0.0463. The van der Waals surface area contributed by atoms with E-state index in [4.69, 9.17) is 11.6 Å². The number of nitrogens with zero attached hydrogens (tertiary/aromatic N) is 3. The molecule has 30 heavy (non-hydrogen) atoms. The quantitative estimate of drug-likeness (QED) is 0.531. The zero-order valence-electron chi connectivity index (χ0n) is 15.7. The van der Waals surface area contributed by atoms with Crippen LogP contribution in [0.3, 0.4) is 0 Å². The lowest BCUT2D eigenvalue weighted by Gasteiger charge is -2.35. The van der Waals surface area contributed by atoms with E-state index in [-0.39, 0.29) is 10.9 Å². The Morgan fingerprint density at radius 2 is 1.77 bits per heavy atom. The van der Waals surface area contributed by atoms with E-state index in [1.54, 1.807) is 9.80 Å². The van der Waals surface area contributed by atoms with Crippen molar-refractivity contribution in [1.29, 1.82) is 0 Å². The molecule has 1 aromatic carbocycles. The van der Waals surface area contributed by atoms with Gasteiger partial charge in [0.1, 0.15) is 5.82 Å². The topological polar surface area (TPSA) is 36.4 Å². The SMILES string of the molecule is O=C(c1sccc1-c1ccccc1)N1CCN(c2ncc(C(F)(F)F)cc2Cl)CC1. The van der Waals surface area contributed by atoms with Crippen LogP contribution in [0.4, 0.5) is 19.0 Å². The molecule has 156 valence electrons. The fraction of sp³-hybridized carbons (Fsp3) is 0.238. The maximum Gasteiger partial charge on any atom is 0.417 e. The van der Waals surface area contributed by atoms with Crippen LogP contribution in [-0.4, -0.2) is 42.0 Å². The molecule has 4 nitrogen and oxygen atoms in total. The number of hydrogen-bond donors (Lipinski definition) is 0. The second-order valence-electron chi connectivity index (χ2n) is 6.84. The molecule has 3 aromatic rings. The lowest BCUT2D eigenvalue weighted by atomic mass is 10.1. The summed E-state index contributed by atoms with van der Waals surface area (Å²) in [6, 6.07) is 12.6. The average molecular weight is 452 g/mol. The first-order valence-corrected chi connectivity index (χ1v) is 10.5. The molecule has 0 spiro atoms. The molecular formula is C21H17ClF3N3OS. The van der Waals surface area contributed by atoms with Gasteiger partial charge < -0.3 is 9.80 Å². The Bertz CT molecular complexity index is 1050. The third-order valence-corrected chi connectivity index (χ3v) is 6.14. The summed E-state index contributed by atoms with van der Waals surface area (Å²) in [5.74, 6) is 0.257. The first kappa shape index (κ1) is 20.7. The predicted molar refractivity (Wildman–Crippen MR) is 112 cm³/mol. The third kappa shape index (κ3) is 4.15. The highest BCUT2D eigenvalue weighted by molar-refractivity contribution is 7.12. The summed E-state index contributed by atoms with van der Waals surface area (Å²) in [5.41, 5.74) is 1.01. The molecular weight excluding hydrogens is 435 g/mol. The number of benzene rings is 1. The van der Waals surface area contributed by atoms with E-state index < -0.39 is 11.7 Å². The molecule has 0 bridgehead atoms. The second kappa shape index (κ2) is 8.28. The largest absolute Gasteiger partial charge is 0.417 e. The van der Waals surface area contributed by atoms with Crippen LogP contribution in [0.5, 0.6) is 0 Å². The number of thiophene rings is 1. The molecule has 0 atom stereocenters. The maximum atomic E-state index is 13.1. The summed E-state index contributed by atoms with van der Waals surface area (Å²) in [4.78, 5) is 21.2. The molecule has 0 N–H and O–H groups in total. The summed E-state index contributed by atoms with van der Waals surface area (Å²) >= 11 is 7.46. The van der Waals surface area contributed by atoms with Crippen molar-refractivity contribution in [1.82, 2.24) is 9.88 Å². The normalized spacial score (nSPS) is 14.8. The van der Waals surface area contributed by atoms with Gasteiger partial charge in [0.15, 0.2) is 0 Å². The molecule has 2 aromatic heterocycles. The molecule has 3 heterocycles. The number of alkyl halides is 3. The summed E-state index contributed by atoms with van der Waals surface area (Å²) in [5, 5.41) is 1.85. The Balaban J connectivity index is 1.46. The van der Waals surface area contributed by atoms with Crippen LogP contribution >= 0.6 is 22.9 Å². The van der Waals surface area contributed by atoms with Gasteiger partial charge in [-0.15, -0.1) is 11.3 Å². The highest BCUT2D eigenvalue weighted by Gasteiger charge is 2.32. The fourth-order valence-electron chi connectivity index (χ4n) is 3.40. The van der Waals surface area contributed by atoms with Gasteiger partial charge in [-0.3, -0.25) is 4.79 Å². The van der Waals surface area contributed by atoms with Gasteiger partial charge in [0, 0.05) is 37.9 Å². The summed E-state index contributed by atoms with van der Waals surface area (Å²) in [6.45, 7) is 1.75. The average Bonchev–Trinajstić information content (AvgIpc) is 3.23. The Kier molecular flexibility index (Phi) is 5.71. The highest BCUT2D eigenvalue weighted by Crippen LogP contribution is 2.34. The van der Waals surface area contributed by atoms with Gasteiger partial charge in [0.25, 0.3) is 5.91 Å². The van der Waals surface area contributed by atoms with E-state index in [2.05, 4.69) is 4.98 Å². The van der Waals surface area contributed by atoms with Crippen LogP contribution in [0.2, 0.25) is 5.02 Å². The monoisotopic (exact) mass is 451 g/mol. The molecule has 0 saturated carbocycles. The van der Waals surface area contributed by atoms with Crippen molar-refractivity contribution in [2.24, 2.45) is 0 Å². The number of carbonyl (C=O) groups is 1. The molecule has 0 aliphatic carbocycles. The van der Waals surface area contributed by atoms with Gasteiger partial charge in [-0.2, -0.15) is 13.2 Å². The third-order valence-electron chi connectivity index (χ3n) is 4.96. The first-order chi connectivity index (χ1) is 14.3. The number of rotatable bonds is 3. The molecule has 1 fully saturated rings. The van der Waals surface area contributed by atoms with E-state index >= 15 is 0 Å². The molecule has 4 rings (SSSR count). The van der Waals surface area contributed by atoms with Crippen LogP contribution in [0, 0.1) is 0 Å². The zero-order chi connectivity index (χ0) is 21.3. The van der Waals surface area contributed by atoms with Crippen molar-refractivity contribution < 1.29 is 18.0 Å². The fourth-order valence-corrected chi connectivity index (χ4v) is 4.57. The molecule has 9 heteroatoms. The van der Waals surface area contributed by atoms with Crippen molar-refractivity contribution in [2.75, 3.05) is 31.1 Å². The predicted octanol–water partition coefficient (Wildman–Crippen LogP) is 5.44. The summed E-state index contributed by atoms with van der Waals surface area (Å²) in [6.07, 6.45) is -3.70. The Morgan fingerprint density at radius 3 is 2.40 bits per heavy atom. The molecule has 0 unspecified atom stereocenters. The molecule has 1 aliphatic heterocycles. The zero-order valence-corrected chi connectivity index (χ0v) is 17.3. The highest BCUT2D eigenvalue weighted by atomic mass is 35.5. The Hall–Kier alpha value is -2.58. The Morgan fingerprint density at radius 1 is 1.07 bits per heavy atom.